The highest BCUT2D eigenvalue weighted by Crippen LogP contribution is 2.33. The van der Waals surface area contributed by atoms with Gasteiger partial charge in [-0.25, -0.2) is 4.63 Å². The largest absolute Gasteiger partial charge is 0.486 e. The topological polar surface area (TPSA) is 94.5 Å². The first-order chi connectivity index (χ1) is 14.7. The van der Waals surface area contributed by atoms with E-state index in [-0.39, 0.29) is 24.2 Å². The molecular weight excluding hydrogens is 384 g/mol. The fourth-order valence-electron chi connectivity index (χ4n) is 4.42. The third-order valence-electron chi connectivity index (χ3n) is 6.00. The standard InChI is InChI=1S/C22H24N4O4/c1-14-21(25-30-23-14)20-7-4-10-26(20)22(27)19-12-18(29-24-19)13-28-17-9-8-15-5-2-3-6-16(15)11-17/h8-9,11-12,20H,2-7,10,13H2,1H3/t20-/m0/s1. The van der Waals surface area contributed by atoms with E-state index in [0.717, 1.165) is 31.4 Å². The summed E-state index contributed by atoms with van der Waals surface area (Å²) >= 11 is 0. The maximum Gasteiger partial charge on any atom is 0.276 e. The second kappa shape index (κ2) is 7.93. The lowest BCUT2D eigenvalue weighted by Crippen LogP contribution is -2.31. The van der Waals surface area contributed by atoms with Crippen molar-refractivity contribution >= 4 is 5.91 Å². The van der Waals surface area contributed by atoms with Crippen LogP contribution in [0, 0.1) is 6.92 Å². The van der Waals surface area contributed by atoms with Crippen LogP contribution in [0.2, 0.25) is 0 Å². The lowest BCUT2D eigenvalue weighted by Gasteiger charge is -2.21. The average molecular weight is 408 g/mol. The Bertz CT molecular complexity index is 1060. The number of aryl methyl sites for hydroxylation is 3. The molecule has 5 rings (SSSR count). The van der Waals surface area contributed by atoms with Gasteiger partial charge in [0.15, 0.2) is 11.5 Å². The summed E-state index contributed by atoms with van der Waals surface area (Å²) in [5.41, 5.74) is 4.48. The number of likely N-dealkylation sites (tertiary alicyclic amines) is 1. The summed E-state index contributed by atoms with van der Waals surface area (Å²) in [6, 6.07) is 7.77. The zero-order valence-corrected chi connectivity index (χ0v) is 17.0. The van der Waals surface area contributed by atoms with Gasteiger partial charge in [-0.2, -0.15) is 0 Å². The van der Waals surface area contributed by atoms with Gasteiger partial charge in [0.1, 0.15) is 23.7 Å². The molecule has 0 radical (unpaired) electrons. The van der Waals surface area contributed by atoms with Crippen LogP contribution in [0.4, 0.5) is 0 Å². The van der Waals surface area contributed by atoms with Crippen LogP contribution in [-0.2, 0) is 19.4 Å². The molecule has 1 fully saturated rings. The quantitative estimate of drug-likeness (QED) is 0.634. The van der Waals surface area contributed by atoms with Gasteiger partial charge in [0.2, 0.25) is 0 Å². The van der Waals surface area contributed by atoms with E-state index in [1.54, 1.807) is 11.0 Å². The molecule has 1 aromatic carbocycles. The van der Waals surface area contributed by atoms with Gasteiger partial charge in [-0.15, -0.1) is 0 Å². The summed E-state index contributed by atoms with van der Waals surface area (Å²) < 4.78 is 16.1. The fourth-order valence-corrected chi connectivity index (χ4v) is 4.42. The molecule has 0 saturated carbocycles. The molecule has 1 atom stereocenters. The van der Waals surface area contributed by atoms with Gasteiger partial charge >= 0.3 is 0 Å². The van der Waals surface area contributed by atoms with Crippen molar-refractivity contribution in [1.82, 2.24) is 20.4 Å². The van der Waals surface area contributed by atoms with Crippen LogP contribution >= 0.6 is 0 Å². The summed E-state index contributed by atoms with van der Waals surface area (Å²) in [4.78, 5) is 14.8. The number of rotatable bonds is 5. The van der Waals surface area contributed by atoms with Crippen molar-refractivity contribution in [3.05, 3.63) is 58.2 Å². The predicted molar refractivity (Wildman–Crippen MR) is 106 cm³/mol. The van der Waals surface area contributed by atoms with Crippen molar-refractivity contribution < 1.29 is 18.7 Å². The molecule has 3 heterocycles. The zero-order valence-electron chi connectivity index (χ0n) is 17.0. The predicted octanol–water partition coefficient (Wildman–Crippen LogP) is 3.80. The minimum atomic E-state index is -0.177. The van der Waals surface area contributed by atoms with E-state index in [1.165, 1.54) is 24.0 Å². The van der Waals surface area contributed by atoms with Gasteiger partial charge in [0.25, 0.3) is 5.91 Å². The first kappa shape index (κ1) is 18.8. The van der Waals surface area contributed by atoms with Crippen molar-refractivity contribution in [1.29, 1.82) is 0 Å². The minimum absolute atomic E-state index is 0.143. The van der Waals surface area contributed by atoms with Crippen molar-refractivity contribution in [2.45, 2.75) is 58.1 Å². The minimum Gasteiger partial charge on any atom is -0.486 e. The molecular formula is C22H24N4O4. The Morgan fingerprint density at radius 1 is 1.13 bits per heavy atom. The molecule has 1 aliphatic heterocycles. The number of aromatic nitrogens is 3. The van der Waals surface area contributed by atoms with Gasteiger partial charge in [-0.1, -0.05) is 21.5 Å². The van der Waals surface area contributed by atoms with Gasteiger partial charge in [-0.05, 0) is 68.7 Å². The van der Waals surface area contributed by atoms with Gasteiger partial charge in [-0.3, -0.25) is 4.79 Å². The van der Waals surface area contributed by atoms with E-state index in [2.05, 4.69) is 27.6 Å². The molecule has 1 amide bonds. The number of carbonyl (C=O) groups excluding carboxylic acids is 1. The lowest BCUT2D eigenvalue weighted by molar-refractivity contribution is 0.0719. The van der Waals surface area contributed by atoms with Crippen molar-refractivity contribution in [2.24, 2.45) is 0 Å². The first-order valence-corrected chi connectivity index (χ1v) is 10.5. The number of ether oxygens (including phenoxy) is 1. The van der Waals surface area contributed by atoms with Crippen LogP contribution in [0.5, 0.6) is 5.75 Å². The number of benzene rings is 1. The smallest absolute Gasteiger partial charge is 0.276 e. The summed E-state index contributed by atoms with van der Waals surface area (Å²) in [6.45, 7) is 2.71. The monoisotopic (exact) mass is 408 g/mol. The second-order valence-electron chi connectivity index (χ2n) is 8.00. The van der Waals surface area contributed by atoms with Crippen molar-refractivity contribution in [3.8, 4) is 5.75 Å². The third kappa shape index (κ3) is 3.58. The lowest BCUT2D eigenvalue weighted by atomic mass is 9.92. The third-order valence-corrected chi connectivity index (χ3v) is 6.00. The molecule has 0 spiro atoms. The normalized spacial score (nSPS) is 18.4. The van der Waals surface area contributed by atoms with Crippen LogP contribution in [0.1, 0.15) is 70.5 Å². The summed E-state index contributed by atoms with van der Waals surface area (Å²) in [5, 5.41) is 11.8. The number of amides is 1. The van der Waals surface area contributed by atoms with Gasteiger partial charge in [0.05, 0.1) is 6.04 Å². The van der Waals surface area contributed by atoms with E-state index in [9.17, 15) is 4.79 Å². The molecule has 0 unspecified atom stereocenters. The SMILES string of the molecule is Cc1nonc1[C@@H]1CCCN1C(=O)c1cc(COc2ccc3c(c2)CCCC3)on1. The van der Waals surface area contributed by atoms with Gasteiger partial charge in [0, 0.05) is 12.6 Å². The Hall–Kier alpha value is -3.16. The number of carbonyl (C=O) groups is 1. The number of hydrogen-bond donors (Lipinski definition) is 0. The van der Waals surface area contributed by atoms with Crippen LogP contribution < -0.4 is 4.74 Å². The molecule has 2 aromatic heterocycles. The maximum absolute atomic E-state index is 13.0. The van der Waals surface area contributed by atoms with Crippen LogP contribution in [0.15, 0.2) is 33.4 Å². The Balaban J connectivity index is 1.25. The molecule has 1 aliphatic carbocycles. The Kier molecular flexibility index (Phi) is 4.98. The van der Waals surface area contributed by atoms with Crippen LogP contribution in [-0.4, -0.2) is 32.8 Å². The van der Waals surface area contributed by atoms with Crippen molar-refractivity contribution in [2.75, 3.05) is 6.54 Å². The summed E-state index contributed by atoms with van der Waals surface area (Å²) in [6.07, 6.45) is 6.45. The van der Waals surface area contributed by atoms with E-state index in [4.69, 9.17) is 13.9 Å². The molecule has 1 saturated heterocycles. The second-order valence-corrected chi connectivity index (χ2v) is 8.00. The van der Waals surface area contributed by atoms with E-state index >= 15 is 0 Å². The van der Waals surface area contributed by atoms with Crippen LogP contribution in [0.25, 0.3) is 0 Å². The zero-order chi connectivity index (χ0) is 20.5. The van der Waals surface area contributed by atoms with Crippen LogP contribution in [0.3, 0.4) is 0 Å². The molecule has 2 aliphatic rings. The fraction of sp³-hybridized carbons (Fsp3) is 0.455. The molecule has 30 heavy (non-hydrogen) atoms. The Morgan fingerprint density at radius 2 is 2.00 bits per heavy atom. The van der Waals surface area contributed by atoms with E-state index < -0.39 is 0 Å². The summed E-state index contributed by atoms with van der Waals surface area (Å²) in [7, 11) is 0. The Labute approximate surface area is 174 Å². The number of hydrogen-bond acceptors (Lipinski definition) is 7. The highest BCUT2D eigenvalue weighted by molar-refractivity contribution is 5.92. The molecule has 156 valence electrons. The average Bonchev–Trinajstić information content (AvgIpc) is 3.52. The highest BCUT2D eigenvalue weighted by Gasteiger charge is 2.35. The number of nitrogens with zero attached hydrogens (tertiary/aromatic N) is 4. The molecule has 8 heteroatoms. The molecule has 3 aromatic rings. The van der Waals surface area contributed by atoms with E-state index in [1.807, 2.05) is 13.0 Å². The van der Waals surface area contributed by atoms with Crippen molar-refractivity contribution in [3.63, 3.8) is 0 Å². The molecule has 0 N–H and O–H groups in total. The number of fused-ring (bicyclic) bond motifs is 1. The first-order valence-electron chi connectivity index (χ1n) is 10.5. The highest BCUT2D eigenvalue weighted by atomic mass is 16.6. The molecule has 0 bridgehead atoms. The van der Waals surface area contributed by atoms with E-state index in [0.29, 0.717) is 23.7 Å². The maximum atomic E-state index is 13.0. The van der Waals surface area contributed by atoms with Gasteiger partial charge < -0.3 is 14.2 Å². The Morgan fingerprint density at radius 3 is 2.83 bits per heavy atom. The summed E-state index contributed by atoms with van der Waals surface area (Å²) in [5.74, 6) is 1.16. The molecule has 8 nitrogen and oxygen atoms in total.